The molecule has 1 atom stereocenters. The topological polar surface area (TPSA) is 12.0 Å². The van der Waals surface area contributed by atoms with E-state index in [9.17, 15) is 0 Å². The third-order valence-electron chi connectivity index (χ3n) is 4.28. The highest BCUT2D eigenvalue weighted by Gasteiger charge is 2.23. The Bertz CT molecular complexity index is 794. The normalized spacial score (nSPS) is 16.1. The van der Waals surface area contributed by atoms with Gasteiger partial charge in [0.15, 0.2) is 0 Å². The van der Waals surface area contributed by atoms with E-state index in [0.29, 0.717) is 6.04 Å². The predicted octanol–water partition coefficient (Wildman–Crippen LogP) is 5.72. The molecule has 1 nitrogen and oxygen atoms in total. The van der Waals surface area contributed by atoms with Crippen molar-refractivity contribution in [1.82, 2.24) is 0 Å². The minimum atomic E-state index is 0.305. The van der Waals surface area contributed by atoms with Crippen LogP contribution in [-0.2, 0) is 6.42 Å². The molecule has 2 heteroatoms. The predicted molar refractivity (Wildman–Crippen MR) is 93.4 cm³/mol. The van der Waals surface area contributed by atoms with Gasteiger partial charge in [0, 0.05) is 17.1 Å². The summed E-state index contributed by atoms with van der Waals surface area (Å²) < 4.78 is 0. The summed E-state index contributed by atoms with van der Waals surface area (Å²) in [5, 5.41) is 4.42. The van der Waals surface area contributed by atoms with E-state index in [1.165, 1.54) is 22.3 Å². The van der Waals surface area contributed by atoms with E-state index in [4.69, 9.17) is 11.6 Å². The van der Waals surface area contributed by atoms with Crippen LogP contribution < -0.4 is 5.32 Å². The Hall–Kier alpha value is -2.25. The molecule has 1 aliphatic heterocycles. The lowest BCUT2D eigenvalue weighted by Gasteiger charge is -2.12. The summed E-state index contributed by atoms with van der Waals surface area (Å²) in [5.74, 6) is 0. The molecular formula is C20H16ClN. The van der Waals surface area contributed by atoms with E-state index in [0.717, 1.165) is 17.1 Å². The van der Waals surface area contributed by atoms with E-state index < -0.39 is 0 Å². The molecule has 108 valence electrons. The van der Waals surface area contributed by atoms with Crippen LogP contribution in [0.2, 0.25) is 5.02 Å². The summed E-state index contributed by atoms with van der Waals surface area (Å²) >= 11 is 6.29. The third-order valence-corrected chi connectivity index (χ3v) is 4.63. The zero-order valence-electron chi connectivity index (χ0n) is 12.1. The Kier molecular flexibility index (Phi) is 3.36. The van der Waals surface area contributed by atoms with Crippen molar-refractivity contribution >= 4 is 17.3 Å². The Morgan fingerprint density at radius 1 is 0.773 bits per heavy atom. The average molecular weight is 306 g/mol. The Balaban J connectivity index is 1.59. The second-order valence-corrected chi connectivity index (χ2v) is 6.06. The van der Waals surface area contributed by atoms with E-state index in [1.54, 1.807) is 0 Å². The van der Waals surface area contributed by atoms with Gasteiger partial charge in [0.25, 0.3) is 0 Å². The molecule has 0 saturated carbocycles. The van der Waals surface area contributed by atoms with Crippen LogP contribution in [0, 0.1) is 0 Å². The molecule has 1 N–H and O–H groups in total. The van der Waals surface area contributed by atoms with Gasteiger partial charge in [-0.25, -0.2) is 0 Å². The second kappa shape index (κ2) is 5.51. The lowest BCUT2D eigenvalue weighted by Crippen LogP contribution is -2.05. The zero-order chi connectivity index (χ0) is 14.9. The molecule has 0 fully saturated rings. The Morgan fingerprint density at radius 2 is 1.50 bits per heavy atom. The average Bonchev–Trinajstić information content (AvgIpc) is 3.02. The third kappa shape index (κ3) is 2.38. The molecule has 3 aromatic rings. The number of nitrogens with one attached hydrogen (secondary N) is 1. The number of halogens is 1. The molecule has 1 unspecified atom stereocenters. The van der Waals surface area contributed by atoms with E-state index >= 15 is 0 Å². The summed E-state index contributed by atoms with van der Waals surface area (Å²) in [5.41, 5.74) is 6.18. The molecule has 3 aromatic carbocycles. The highest BCUT2D eigenvalue weighted by Crippen LogP contribution is 2.38. The molecular weight excluding hydrogens is 290 g/mol. The standard InChI is InChI=1S/C20H16ClN/c21-18-7-4-8-19-17(18)13-20(22-19)16-11-9-15(10-12-16)14-5-2-1-3-6-14/h1-12,20,22H,13H2. The van der Waals surface area contributed by atoms with E-state index in [-0.39, 0.29) is 0 Å². The van der Waals surface area contributed by atoms with Gasteiger partial charge in [0.05, 0.1) is 6.04 Å². The molecule has 0 amide bonds. The fourth-order valence-corrected chi connectivity index (χ4v) is 3.34. The number of hydrogen-bond acceptors (Lipinski definition) is 1. The maximum absolute atomic E-state index is 6.29. The minimum Gasteiger partial charge on any atom is -0.378 e. The van der Waals surface area contributed by atoms with Crippen molar-refractivity contribution in [3.05, 3.63) is 88.9 Å². The van der Waals surface area contributed by atoms with Crippen LogP contribution >= 0.6 is 11.6 Å². The van der Waals surface area contributed by atoms with Gasteiger partial charge < -0.3 is 5.32 Å². The molecule has 0 radical (unpaired) electrons. The van der Waals surface area contributed by atoms with E-state index in [2.05, 4.69) is 59.9 Å². The molecule has 4 rings (SSSR count). The van der Waals surface area contributed by atoms with Gasteiger partial charge >= 0.3 is 0 Å². The largest absolute Gasteiger partial charge is 0.378 e. The number of hydrogen-bond donors (Lipinski definition) is 1. The van der Waals surface area contributed by atoms with Gasteiger partial charge in [0.1, 0.15) is 0 Å². The summed E-state index contributed by atoms with van der Waals surface area (Å²) in [7, 11) is 0. The number of benzene rings is 3. The maximum atomic E-state index is 6.29. The van der Waals surface area contributed by atoms with Crippen molar-refractivity contribution in [2.75, 3.05) is 5.32 Å². The van der Waals surface area contributed by atoms with Gasteiger partial charge in [-0.05, 0) is 34.4 Å². The molecule has 0 aromatic heterocycles. The van der Waals surface area contributed by atoms with E-state index in [1.807, 2.05) is 18.2 Å². The Labute approximate surface area is 135 Å². The quantitative estimate of drug-likeness (QED) is 0.639. The van der Waals surface area contributed by atoms with Crippen molar-refractivity contribution in [2.45, 2.75) is 12.5 Å². The van der Waals surface area contributed by atoms with Gasteiger partial charge in [-0.15, -0.1) is 0 Å². The van der Waals surface area contributed by atoms with Crippen molar-refractivity contribution in [3.8, 4) is 11.1 Å². The van der Waals surface area contributed by atoms with Crippen molar-refractivity contribution in [1.29, 1.82) is 0 Å². The first kappa shape index (κ1) is 13.4. The SMILES string of the molecule is Clc1cccc2c1CC(c1ccc(-c3ccccc3)cc1)N2. The molecule has 1 aliphatic rings. The summed E-state index contributed by atoms with van der Waals surface area (Å²) in [6.07, 6.45) is 0.944. The van der Waals surface area contributed by atoms with Gasteiger partial charge in [-0.1, -0.05) is 72.3 Å². The fraction of sp³-hybridized carbons (Fsp3) is 0.100. The molecule has 0 saturated heterocycles. The van der Waals surface area contributed by atoms with Crippen molar-refractivity contribution < 1.29 is 0 Å². The summed E-state index contributed by atoms with van der Waals surface area (Å²) in [4.78, 5) is 0. The maximum Gasteiger partial charge on any atom is 0.0555 e. The second-order valence-electron chi connectivity index (χ2n) is 5.66. The molecule has 0 aliphatic carbocycles. The van der Waals surface area contributed by atoms with Crippen LogP contribution in [0.5, 0.6) is 0 Å². The van der Waals surface area contributed by atoms with Crippen LogP contribution in [0.25, 0.3) is 11.1 Å². The van der Waals surface area contributed by atoms with Crippen molar-refractivity contribution in [3.63, 3.8) is 0 Å². The highest BCUT2D eigenvalue weighted by atomic mass is 35.5. The Morgan fingerprint density at radius 3 is 2.23 bits per heavy atom. The molecule has 22 heavy (non-hydrogen) atoms. The first-order valence-corrected chi connectivity index (χ1v) is 7.88. The van der Waals surface area contributed by atoms with Gasteiger partial charge in [0.2, 0.25) is 0 Å². The monoisotopic (exact) mass is 305 g/mol. The fourth-order valence-electron chi connectivity index (χ4n) is 3.08. The lowest BCUT2D eigenvalue weighted by atomic mass is 9.99. The lowest BCUT2D eigenvalue weighted by molar-refractivity contribution is 0.824. The molecule has 0 spiro atoms. The number of fused-ring (bicyclic) bond motifs is 1. The van der Waals surface area contributed by atoms with Gasteiger partial charge in [-0.3, -0.25) is 0 Å². The van der Waals surface area contributed by atoms with Crippen LogP contribution in [0.1, 0.15) is 17.2 Å². The van der Waals surface area contributed by atoms with Crippen LogP contribution in [-0.4, -0.2) is 0 Å². The smallest absolute Gasteiger partial charge is 0.0555 e. The zero-order valence-corrected chi connectivity index (χ0v) is 12.8. The van der Waals surface area contributed by atoms with Crippen LogP contribution in [0.4, 0.5) is 5.69 Å². The first-order chi connectivity index (χ1) is 10.8. The van der Waals surface area contributed by atoms with Crippen LogP contribution in [0.3, 0.4) is 0 Å². The van der Waals surface area contributed by atoms with Crippen LogP contribution in [0.15, 0.2) is 72.8 Å². The first-order valence-electron chi connectivity index (χ1n) is 7.50. The minimum absolute atomic E-state index is 0.305. The summed E-state index contributed by atoms with van der Waals surface area (Å²) in [6.45, 7) is 0. The van der Waals surface area contributed by atoms with Gasteiger partial charge in [-0.2, -0.15) is 0 Å². The van der Waals surface area contributed by atoms with Crippen molar-refractivity contribution in [2.24, 2.45) is 0 Å². The number of rotatable bonds is 2. The molecule has 0 bridgehead atoms. The number of anilines is 1. The summed E-state index contributed by atoms with van der Waals surface area (Å²) in [6, 6.07) is 25.6. The molecule has 1 heterocycles. The highest BCUT2D eigenvalue weighted by molar-refractivity contribution is 6.31.